The molecule has 8 heteroatoms. The molecule has 1 amide bonds. The highest BCUT2D eigenvalue weighted by Crippen LogP contribution is 2.52. The molecule has 1 N–H and O–H groups in total. The van der Waals surface area contributed by atoms with Gasteiger partial charge in [0.25, 0.3) is 0 Å². The number of anilines is 2. The summed E-state index contributed by atoms with van der Waals surface area (Å²) in [6.07, 6.45) is 3.44. The van der Waals surface area contributed by atoms with Gasteiger partial charge < -0.3 is 15.0 Å². The lowest BCUT2D eigenvalue weighted by Gasteiger charge is -2.39. The molecule has 2 fully saturated rings. The molecule has 2 aromatic rings. The highest BCUT2D eigenvalue weighted by Gasteiger charge is 2.50. The Hall–Kier alpha value is -1.80. The maximum absolute atomic E-state index is 13.0. The van der Waals surface area contributed by atoms with Gasteiger partial charge in [-0.25, -0.2) is 0 Å². The van der Waals surface area contributed by atoms with Gasteiger partial charge >= 0.3 is 0 Å². The maximum atomic E-state index is 13.0. The first-order valence-corrected chi connectivity index (χ1v) is 12.3. The fourth-order valence-corrected chi connectivity index (χ4v) is 6.89. The summed E-state index contributed by atoms with van der Waals surface area (Å²) in [7, 11) is 0. The van der Waals surface area contributed by atoms with Crippen LogP contribution in [0.2, 0.25) is 0 Å². The maximum Gasteiger partial charge on any atom is 0.233 e. The summed E-state index contributed by atoms with van der Waals surface area (Å²) in [6.45, 7) is 10.5. The Morgan fingerprint density at radius 3 is 2.90 bits per heavy atom. The van der Waals surface area contributed by atoms with Crippen LogP contribution in [0.1, 0.15) is 47.0 Å². The Morgan fingerprint density at radius 1 is 1.30 bits per heavy atom. The van der Waals surface area contributed by atoms with Crippen molar-refractivity contribution in [3.8, 4) is 5.75 Å². The Bertz CT molecular complexity index is 916. The van der Waals surface area contributed by atoms with E-state index in [0.29, 0.717) is 28.9 Å². The molecule has 1 aromatic carbocycles. The number of amides is 1. The van der Waals surface area contributed by atoms with Crippen molar-refractivity contribution in [2.45, 2.75) is 57.3 Å². The van der Waals surface area contributed by atoms with Gasteiger partial charge in [-0.05, 0) is 49.1 Å². The van der Waals surface area contributed by atoms with Gasteiger partial charge in [-0.2, -0.15) is 0 Å². The van der Waals surface area contributed by atoms with Crippen molar-refractivity contribution in [3.63, 3.8) is 0 Å². The lowest BCUT2D eigenvalue weighted by molar-refractivity contribution is -0.129. The number of likely N-dealkylation sites (tertiary alicyclic amines) is 1. The van der Waals surface area contributed by atoms with Crippen LogP contribution in [0, 0.1) is 10.8 Å². The van der Waals surface area contributed by atoms with E-state index in [1.165, 1.54) is 29.5 Å². The number of aromatic nitrogens is 2. The number of hydrogen-bond donors (Lipinski definition) is 1. The molecule has 0 radical (unpaired) electrons. The Morgan fingerprint density at radius 2 is 2.10 bits per heavy atom. The van der Waals surface area contributed by atoms with E-state index in [1.54, 1.807) is 0 Å². The third-order valence-corrected chi connectivity index (χ3v) is 7.85. The minimum absolute atomic E-state index is 0.220. The van der Waals surface area contributed by atoms with Crippen molar-refractivity contribution >= 4 is 39.8 Å². The molecule has 0 unspecified atom stereocenters. The molecule has 1 aromatic heterocycles. The Labute approximate surface area is 186 Å². The summed E-state index contributed by atoms with van der Waals surface area (Å²) < 4.78 is 6.45. The average molecular weight is 447 g/mol. The SMILES string of the molecule is CCOc1ccccc1Nc1nnc(SCC(=O)N2C[C@@]3(C)C[C@H]2CC(C)(C)C3)s1. The van der Waals surface area contributed by atoms with Crippen LogP contribution in [0.25, 0.3) is 0 Å². The van der Waals surface area contributed by atoms with Crippen LogP contribution in [0.5, 0.6) is 5.75 Å². The molecule has 1 saturated heterocycles. The molecule has 1 saturated carbocycles. The van der Waals surface area contributed by atoms with Gasteiger partial charge in [-0.1, -0.05) is 56.0 Å². The number of nitrogens with zero attached hydrogens (tertiary/aromatic N) is 3. The zero-order valence-corrected chi connectivity index (χ0v) is 19.7. The van der Waals surface area contributed by atoms with Gasteiger partial charge in [0.2, 0.25) is 11.0 Å². The number of fused-ring (bicyclic) bond motifs is 2. The predicted molar refractivity (Wildman–Crippen MR) is 123 cm³/mol. The smallest absolute Gasteiger partial charge is 0.233 e. The quantitative estimate of drug-likeness (QED) is 0.590. The fourth-order valence-electron chi connectivity index (χ4n) is 5.24. The van der Waals surface area contributed by atoms with Gasteiger partial charge in [0.05, 0.1) is 18.0 Å². The van der Waals surface area contributed by atoms with E-state index in [4.69, 9.17) is 4.74 Å². The largest absolute Gasteiger partial charge is 0.492 e. The molecule has 162 valence electrons. The molecule has 2 heterocycles. The second kappa shape index (κ2) is 8.38. The average Bonchev–Trinajstić information content (AvgIpc) is 3.22. The molecular weight excluding hydrogens is 416 g/mol. The minimum atomic E-state index is 0.220. The third-order valence-electron chi connectivity index (χ3n) is 5.89. The summed E-state index contributed by atoms with van der Waals surface area (Å²) >= 11 is 2.94. The molecule has 30 heavy (non-hydrogen) atoms. The van der Waals surface area contributed by atoms with Gasteiger partial charge in [0, 0.05) is 12.6 Å². The zero-order valence-electron chi connectivity index (χ0n) is 18.1. The van der Waals surface area contributed by atoms with Crippen molar-refractivity contribution < 1.29 is 9.53 Å². The molecular formula is C22H30N4O2S2. The van der Waals surface area contributed by atoms with E-state index in [-0.39, 0.29) is 11.3 Å². The second-order valence-corrected chi connectivity index (χ2v) is 11.7. The van der Waals surface area contributed by atoms with Crippen LogP contribution >= 0.6 is 23.1 Å². The van der Waals surface area contributed by atoms with Crippen LogP contribution in [-0.4, -0.2) is 46.0 Å². The number of hydrogen-bond acceptors (Lipinski definition) is 7. The zero-order chi connectivity index (χ0) is 21.4. The number of benzene rings is 1. The van der Waals surface area contributed by atoms with Crippen molar-refractivity contribution in [3.05, 3.63) is 24.3 Å². The van der Waals surface area contributed by atoms with E-state index >= 15 is 0 Å². The summed E-state index contributed by atoms with van der Waals surface area (Å²) in [6, 6.07) is 8.16. The number of para-hydroxylation sites is 2. The van der Waals surface area contributed by atoms with Gasteiger partial charge in [-0.3, -0.25) is 4.79 Å². The highest BCUT2D eigenvalue weighted by molar-refractivity contribution is 8.01. The molecule has 2 bridgehead atoms. The third kappa shape index (κ3) is 4.75. The first-order chi connectivity index (χ1) is 14.3. The Balaban J connectivity index is 1.35. The van der Waals surface area contributed by atoms with Crippen molar-refractivity contribution in [1.82, 2.24) is 15.1 Å². The number of rotatable bonds is 7. The molecule has 0 spiro atoms. The lowest BCUT2D eigenvalue weighted by Crippen LogP contribution is -2.38. The fraction of sp³-hybridized carbons (Fsp3) is 0.591. The monoisotopic (exact) mass is 446 g/mol. The summed E-state index contributed by atoms with van der Waals surface area (Å²) in [5.41, 5.74) is 1.45. The molecule has 2 aliphatic rings. The topological polar surface area (TPSA) is 67.3 Å². The molecule has 4 rings (SSSR count). The van der Waals surface area contributed by atoms with E-state index in [9.17, 15) is 4.79 Å². The molecule has 6 nitrogen and oxygen atoms in total. The highest BCUT2D eigenvalue weighted by atomic mass is 32.2. The number of carbonyl (C=O) groups excluding carboxylic acids is 1. The molecule has 1 aliphatic heterocycles. The van der Waals surface area contributed by atoms with Crippen LogP contribution in [0.3, 0.4) is 0 Å². The van der Waals surface area contributed by atoms with Crippen molar-refractivity contribution in [2.24, 2.45) is 10.8 Å². The second-order valence-electron chi connectivity index (χ2n) is 9.45. The van der Waals surface area contributed by atoms with Gasteiger partial charge in [-0.15, -0.1) is 10.2 Å². The van der Waals surface area contributed by atoms with Crippen molar-refractivity contribution in [1.29, 1.82) is 0 Å². The van der Waals surface area contributed by atoms with E-state index < -0.39 is 0 Å². The Kier molecular flexibility index (Phi) is 5.99. The van der Waals surface area contributed by atoms with E-state index in [1.807, 2.05) is 31.2 Å². The first-order valence-electron chi connectivity index (χ1n) is 10.5. The van der Waals surface area contributed by atoms with Crippen LogP contribution < -0.4 is 10.1 Å². The minimum Gasteiger partial charge on any atom is -0.492 e. The summed E-state index contributed by atoms with van der Waals surface area (Å²) in [5, 5.41) is 12.4. The summed E-state index contributed by atoms with van der Waals surface area (Å²) in [4.78, 5) is 15.1. The van der Waals surface area contributed by atoms with Crippen LogP contribution in [0.15, 0.2) is 28.6 Å². The summed E-state index contributed by atoms with van der Waals surface area (Å²) in [5.74, 6) is 1.42. The van der Waals surface area contributed by atoms with Crippen LogP contribution in [-0.2, 0) is 4.79 Å². The lowest BCUT2D eigenvalue weighted by atomic mass is 9.65. The van der Waals surface area contributed by atoms with Crippen LogP contribution in [0.4, 0.5) is 10.8 Å². The van der Waals surface area contributed by atoms with E-state index in [2.05, 4.69) is 41.2 Å². The predicted octanol–water partition coefficient (Wildman–Crippen LogP) is 5.20. The van der Waals surface area contributed by atoms with Crippen molar-refractivity contribution in [2.75, 3.05) is 24.2 Å². The standard InChI is InChI=1S/C22H30N4O2S2/c1-5-28-17-9-7-6-8-16(17)23-19-24-25-20(30-19)29-12-18(27)26-14-22(4)11-15(26)10-21(2,3)13-22/h6-9,15H,5,10-14H2,1-4H3,(H,23,24)/t15-,22+/m1/s1. The first kappa shape index (κ1) is 21.4. The van der Waals surface area contributed by atoms with Gasteiger partial charge in [0.1, 0.15) is 5.75 Å². The number of carbonyl (C=O) groups is 1. The molecule has 1 aliphatic carbocycles. The number of nitrogens with one attached hydrogen (secondary N) is 1. The van der Waals surface area contributed by atoms with E-state index in [0.717, 1.165) is 35.2 Å². The molecule has 2 atom stereocenters. The number of thioether (sulfide) groups is 1. The normalized spacial score (nSPS) is 24.7. The number of ether oxygens (including phenoxy) is 1. The van der Waals surface area contributed by atoms with Gasteiger partial charge in [0.15, 0.2) is 4.34 Å².